The van der Waals surface area contributed by atoms with Gasteiger partial charge in [-0.25, -0.2) is 4.98 Å². The van der Waals surface area contributed by atoms with Gasteiger partial charge in [0, 0.05) is 54.5 Å². The van der Waals surface area contributed by atoms with Gasteiger partial charge in [-0.1, -0.05) is 6.07 Å². The first-order valence-corrected chi connectivity index (χ1v) is 14.0. The van der Waals surface area contributed by atoms with Crippen LogP contribution in [0.25, 0.3) is 0 Å². The van der Waals surface area contributed by atoms with Crippen LogP contribution in [0.2, 0.25) is 0 Å². The third-order valence-electron chi connectivity index (χ3n) is 9.91. The second-order valence-electron chi connectivity index (χ2n) is 12.0. The van der Waals surface area contributed by atoms with E-state index in [9.17, 15) is 4.79 Å². The minimum absolute atomic E-state index is 0.119. The van der Waals surface area contributed by atoms with Crippen molar-refractivity contribution in [3.05, 3.63) is 54.2 Å². The molecule has 8 atom stereocenters. The fourth-order valence-corrected chi connectivity index (χ4v) is 8.54. The van der Waals surface area contributed by atoms with Gasteiger partial charge in [0.25, 0.3) is 5.91 Å². The second kappa shape index (κ2) is 8.83. The average molecular weight is 472 g/mol. The van der Waals surface area contributed by atoms with E-state index in [-0.39, 0.29) is 12.0 Å². The van der Waals surface area contributed by atoms with Crippen LogP contribution in [-0.2, 0) is 0 Å². The molecule has 0 spiro atoms. The molecule has 3 heterocycles. The van der Waals surface area contributed by atoms with Gasteiger partial charge < -0.3 is 15.0 Å². The fourth-order valence-electron chi connectivity index (χ4n) is 8.54. The van der Waals surface area contributed by atoms with E-state index >= 15 is 0 Å². The first kappa shape index (κ1) is 21.7. The van der Waals surface area contributed by atoms with Crippen molar-refractivity contribution in [2.45, 2.75) is 88.4 Å². The Labute approximate surface area is 208 Å². The molecule has 7 rings (SSSR count). The summed E-state index contributed by atoms with van der Waals surface area (Å²) < 4.78 is 6.20. The first-order valence-electron chi connectivity index (χ1n) is 14.0. The fraction of sp³-hybridized carbons (Fsp3) is 0.600. The first-order chi connectivity index (χ1) is 17.2. The molecular formula is C30H37N3O2. The van der Waals surface area contributed by atoms with Crippen molar-refractivity contribution >= 4 is 11.6 Å². The Morgan fingerprint density at radius 2 is 1.66 bits per heavy atom. The molecule has 1 N–H and O–H groups in total. The standard InChI is InChI=1S/C30H37N3O2/c34-30(32-28-11-4-19-13-20-15-22(14-19)27(28)16-20)21-5-7-23(8-6-21)33-24-9-10-25(33)18-26(17-24)35-29-3-1-2-12-31-29/h1-3,5-8,12,19-20,22,24-28H,4,9-11,13-18H2,(H,32,34)/t19?,20?,22?,24-,25+,26?,27?,28?. The van der Waals surface area contributed by atoms with Gasteiger partial charge in [0.05, 0.1) is 0 Å². The number of pyridine rings is 1. The number of amides is 1. The van der Waals surface area contributed by atoms with E-state index in [1.54, 1.807) is 6.20 Å². The lowest BCUT2D eigenvalue weighted by atomic mass is 9.80. The van der Waals surface area contributed by atoms with Gasteiger partial charge in [0.2, 0.25) is 5.88 Å². The third kappa shape index (κ3) is 4.11. The molecule has 5 nitrogen and oxygen atoms in total. The number of anilines is 1. The number of ether oxygens (including phenoxy) is 1. The number of nitrogens with one attached hydrogen (secondary N) is 1. The van der Waals surface area contributed by atoms with Crippen molar-refractivity contribution < 1.29 is 9.53 Å². The number of nitrogens with zero attached hydrogens (tertiary/aromatic N) is 2. The largest absolute Gasteiger partial charge is 0.474 e. The SMILES string of the molecule is O=C(NC1CCC2CC3CC(C2)C1C3)c1ccc(N2[C@@H]3CC[C@H]2CC(Oc2ccccn2)C3)cc1. The van der Waals surface area contributed by atoms with Crippen molar-refractivity contribution in [3.8, 4) is 5.88 Å². The summed E-state index contributed by atoms with van der Waals surface area (Å²) in [5.74, 6) is 4.26. The molecule has 2 aromatic rings. The molecule has 1 aromatic heterocycles. The molecule has 2 aliphatic heterocycles. The lowest BCUT2D eigenvalue weighted by Gasteiger charge is -2.40. The molecule has 6 unspecified atom stereocenters. The Bertz CT molecular complexity index is 1040. The van der Waals surface area contributed by atoms with E-state index in [2.05, 4.69) is 27.3 Å². The molecular weight excluding hydrogens is 434 g/mol. The Morgan fingerprint density at radius 1 is 0.857 bits per heavy atom. The summed E-state index contributed by atoms with van der Waals surface area (Å²) in [5, 5.41) is 3.47. The summed E-state index contributed by atoms with van der Waals surface area (Å²) >= 11 is 0. The molecule has 5 bridgehead atoms. The van der Waals surface area contributed by atoms with Crippen LogP contribution in [0.4, 0.5) is 5.69 Å². The summed E-state index contributed by atoms with van der Waals surface area (Å²) in [4.78, 5) is 20.1. The molecule has 35 heavy (non-hydrogen) atoms. The van der Waals surface area contributed by atoms with Crippen LogP contribution in [0.1, 0.15) is 74.6 Å². The van der Waals surface area contributed by atoms with Gasteiger partial charge in [-0.05, 0) is 105 Å². The maximum atomic E-state index is 13.2. The molecule has 1 aromatic carbocycles. The number of hydrogen-bond acceptors (Lipinski definition) is 4. The quantitative estimate of drug-likeness (QED) is 0.616. The number of hydrogen-bond donors (Lipinski definition) is 1. The van der Waals surface area contributed by atoms with Crippen LogP contribution in [0, 0.1) is 23.7 Å². The van der Waals surface area contributed by atoms with Crippen molar-refractivity contribution in [1.82, 2.24) is 10.3 Å². The minimum Gasteiger partial charge on any atom is -0.474 e. The van der Waals surface area contributed by atoms with Gasteiger partial charge in [-0.2, -0.15) is 0 Å². The number of carbonyl (C=O) groups is 1. The number of carbonyl (C=O) groups excluding carboxylic acids is 1. The summed E-state index contributed by atoms with van der Waals surface area (Å²) in [6, 6.07) is 15.6. The van der Waals surface area contributed by atoms with E-state index in [1.165, 1.54) is 57.1 Å². The number of benzene rings is 1. The van der Waals surface area contributed by atoms with Gasteiger partial charge in [-0.15, -0.1) is 0 Å². The number of rotatable bonds is 5. The Morgan fingerprint density at radius 3 is 2.43 bits per heavy atom. The highest BCUT2D eigenvalue weighted by molar-refractivity contribution is 5.94. The molecule has 5 aliphatic rings. The van der Waals surface area contributed by atoms with Crippen LogP contribution in [0.15, 0.2) is 48.7 Å². The molecule has 2 saturated heterocycles. The summed E-state index contributed by atoms with van der Waals surface area (Å²) in [7, 11) is 0. The van der Waals surface area contributed by atoms with E-state index in [1.807, 2.05) is 30.3 Å². The topological polar surface area (TPSA) is 54.5 Å². The van der Waals surface area contributed by atoms with Gasteiger partial charge >= 0.3 is 0 Å². The maximum Gasteiger partial charge on any atom is 0.251 e. The number of piperidine rings is 1. The molecule has 184 valence electrons. The van der Waals surface area contributed by atoms with Crippen LogP contribution in [-0.4, -0.2) is 35.1 Å². The zero-order valence-corrected chi connectivity index (χ0v) is 20.5. The predicted octanol–water partition coefficient (Wildman–Crippen LogP) is 5.61. The van der Waals surface area contributed by atoms with Crippen LogP contribution < -0.4 is 15.0 Å². The molecule has 3 saturated carbocycles. The number of aromatic nitrogens is 1. The van der Waals surface area contributed by atoms with E-state index in [4.69, 9.17) is 4.74 Å². The van der Waals surface area contributed by atoms with E-state index in [0.717, 1.165) is 42.0 Å². The zero-order valence-electron chi connectivity index (χ0n) is 20.5. The monoisotopic (exact) mass is 471 g/mol. The minimum atomic E-state index is 0.119. The van der Waals surface area contributed by atoms with Crippen LogP contribution >= 0.6 is 0 Å². The Balaban J connectivity index is 0.999. The van der Waals surface area contributed by atoms with E-state index in [0.29, 0.717) is 24.0 Å². The lowest BCUT2D eigenvalue weighted by Crippen LogP contribution is -2.46. The summed E-state index contributed by atoms with van der Waals surface area (Å²) in [6.07, 6.45) is 14.6. The molecule has 3 aliphatic carbocycles. The van der Waals surface area contributed by atoms with Crippen molar-refractivity contribution in [1.29, 1.82) is 0 Å². The zero-order chi connectivity index (χ0) is 23.4. The van der Waals surface area contributed by atoms with Crippen molar-refractivity contribution in [3.63, 3.8) is 0 Å². The van der Waals surface area contributed by atoms with Crippen LogP contribution in [0.3, 0.4) is 0 Å². The smallest absolute Gasteiger partial charge is 0.251 e. The molecule has 1 amide bonds. The van der Waals surface area contributed by atoms with Gasteiger partial charge in [-0.3, -0.25) is 4.79 Å². The maximum absolute atomic E-state index is 13.2. The van der Waals surface area contributed by atoms with E-state index < -0.39 is 0 Å². The van der Waals surface area contributed by atoms with Crippen molar-refractivity contribution in [2.75, 3.05) is 4.90 Å². The second-order valence-corrected chi connectivity index (χ2v) is 12.0. The molecule has 0 radical (unpaired) electrons. The summed E-state index contributed by atoms with van der Waals surface area (Å²) in [5.41, 5.74) is 2.05. The third-order valence-corrected chi connectivity index (χ3v) is 9.91. The molecule has 5 fully saturated rings. The van der Waals surface area contributed by atoms with Gasteiger partial charge in [0.1, 0.15) is 6.10 Å². The Hall–Kier alpha value is -2.56. The predicted molar refractivity (Wildman–Crippen MR) is 137 cm³/mol. The normalized spacial score (nSPS) is 37.2. The molecule has 5 heteroatoms. The van der Waals surface area contributed by atoms with Crippen molar-refractivity contribution in [2.24, 2.45) is 23.7 Å². The van der Waals surface area contributed by atoms with Crippen LogP contribution in [0.5, 0.6) is 5.88 Å². The lowest BCUT2D eigenvalue weighted by molar-refractivity contribution is 0.0912. The number of fused-ring (bicyclic) bond motifs is 4. The highest BCUT2D eigenvalue weighted by Gasteiger charge is 2.46. The highest BCUT2D eigenvalue weighted by atomic mass is 16.5. The highest BCUT2D eigenvalue weighted by Crippen LogP contribution is 2.53. The summed E-state index contributed by atoms with van der Waals surface area (Å²) in [6.45, 7) is 0. The Kier molecular flexibility index (Phi) is 5.47. The average Bonchev–Trinajstić information content (AvgIpc) is 3.29. The van der Waals surface area contributed by atoms with Gasteiger partial charge in [0.15, 0.2) is 0 Å².